The van der Waals surface area contributed by atoms with Crippen LogP contribution in [-0.2, 0) is 0 Å². The van der Waals surface area contributed by atoms with Gasteiger partial charge in [0.1, 0.15) is 0 Å². The second-order valence-corrected chi connectivity index (χ2v) is 1.83. The Labute approximate surface area is 56.8 Å². The number of aromatic nitrogens is 2. The maximum absolute atomic E-state index is 5.08. The maximum atomic E-state index is 5.08. The van der Waals surface area contributed by atoms with E-state index in [1.165, 1.54) is 0 Å². The molecule has 2 rings (SSSR count). The lowest BCUT2D eigenvalue weighted by Crippen LogP contribution is -1.75. The SMILES string of the molecule is C=Nc1nn2cccc2o1. The molecule has 0 aliphatic heterocycles. The van der Waals surface area contributed by atoms with Gasteiger partial charge < -0.3 is 4.42 Å². The van der Waals surface area contributed by atoms with Crippen LogP contribution in [0.25, 0.3) is 5.71 Å². The van der Waals surface area contributed by atoms with Gasteiger partial charge in [-0.05, 0) is 12.8 Å². The average Bonchev–Trinajstić information content (AvgIpc) is 2.42. The molecule has 10 heavy (non-hydrogen) atoms. The van der Waals surface area contributed by atoms with E-state index in [1.807, 2.05) is 12.1 Å². The van der Waals surface area contributed by atoms with Crippen LogP contribution in [0.15, 0.2) is 27.7 Å². The largest absolute Gasteiger partial charge is 0.404 e. The molecule has 2 aromatic rings. The van der Waals surface area contributed by atoms with Gasteiger partial charge in [-0.15, -0.1) is 5.10 Å². The maximum Gasteiger partial charge on any atom is 0.340 e. The first-order valence-corrected chi connectivity index (χ1v) is 2.81. The van der Waals surface area contributed by atoms with E-state index < -0.39 is 0 Å². The molecule has 0 radical (unpaired) electrons. The van der Waals surface area contributed by atoms with Crippen LogP contribution in [0, 0.1) is 0 Å². The van der Waals surface area contributed by atoms with Crippen molar-refractivity contribution in [2.75, 3.05) is 0 Å². The van der Waals surface area contributed by atoms with Gasteiger partial charge in [-0.3, -0.25) is 0 Å². The molecule has 4 nitrogen and oxygen atoms in total. The molecule has 0 unspecified atom stereocenters. The van der Waals surface area contributed by atoms with E-state index in [1.54, 1.807) is 10.7 Å². The van der Waals surface area contributed by atoms with Crippen LogP contribution in [0.3, 0.4) is 0 Å². The van der Waals surface area contributed by atoms with Crippen molar-refractivity contribution in [3.63, 3.8) is 0 Å². The molecule has 0 saturated carbocycles. The third-order valence-corrected chi connectivity index (χ3v) is 1.22. The zero-order valence-electron chi connectivity index (χ0n) is 5.19. The standard InChI is InChI=1S/C6H5N3O/c1-7-6-8-9-4-2-3-5(9)10-6/h2-4H,1H2. The summed E-state index contributed by atoms with van der Waals surface area (Å²) >= 11 is 0. The number of hydrogen-bond donors (Lipinski definition) is 0. The van der Waals surface area contributed by atoms with E-state index in [9.17, 15) is 0 Å². The third kappa shape index (κ3) is 0.556. The highest BCUT2D eigenvalue weighted by molar-refractivity contribution is 5.39. The summed E-state index contributed by atoms with van der Waals surface area (Å²) in [7, 11) is 0. The fourth-order valence-corrected chi connectivity index (χ4v) is 0.790. The molecule has 0 atom stereocenters. The Hall–Kier alpha value is -1.58. The van der Waals surface area contributed by atoms with Gasteiger partial charge in [0.05, 0.1) is 0 Å². The van der Waals surface area contributed by atoms with E-state index >= 15 is 0 Å². The van der Waals surface area contributed by atoms with Crippen molar-refractivity contribution in [2.24, 2.45) is 4.99 Å². The van der Waals surface area contributed by atoms with Gasteiger partial charge in [-0.1, -0.05) is 0 Å². The van der Waals surface area contributed by atoms with Crippen molar-refractivity contribution in [1.82, 2.24) is 9.61 Å². The molecule has 0 aliphatic carbocycles. The van der Waals surface area contributed by atoms with Gasteiger partial charge in [0.15, 0.2) is 0 Å². The van der Waals surface area contributed by atoms with Crippen molar-refractivity contribution in [2.45, 2.75) is 0 Å². The highest BCUT2D eigenvalue weighted by Crippen LogP contribution is 2.12. The van der Waals surface area contributed by atoms with Gasteiger partial charge in [0, 0.05) is 12.3 Å². The van der Waals surface area contributed by atoms with Crippen molar-refractivity contribution < 1.29 is 4.42 Å². The second-order valence-electron chi connectivity index (χ2n) is 1.83. The van der Waals surface area contributed by atoms with Crippen molar-refractivity contribution in [1.29, 1.82) is 0 Å². The summed E-state index contributed by atoms with van der Waals surface area (Å²) in [6, 6.07) is 3.95. The first kappa shape index (κ1) is 5.22. The minimum atomic E-state index is 0.301. The number of nitrogens with zero attached hydrogens (tertiary/aromatic N) is 3. The molecule has 0 bridgehead atoms. The lowest BCUT2D eigenvalue weighted by molar-refractivity contribution is 0.613. The molecule has 0 spiro atoms. The highest BCUT2D eigenvalue weighted by Gasteiger charge is 1.99. The van der Waals surface area contributed by atoms with Crippen LogP contribution in [-0.4, -0.2) is 16.3 Å². The minimum Gasteiger partial charge on any atom is -0.404 e. The summed E-state index contributed by atoms with van der Waals surface area (Å²) in [5, 5.41) is 3.91. The molecule has 2 aromatic heterocycles. The lowest BCUT2D eigenvalue weighted by Gasteiger charge is -1.72. The van der Waals surface area contributed by atoms with E-state index in [4.69, 9.17) is 4.42 Å². The molecule has 0 fully saturated rings. The summed E-state index contributed by atoms with van der Waals surface area (Å²) in [6.45, 7) is 3.29. The second kappa shape index (κ2) is 1.70. The van der Waals surface area contributed by atoms with Crippen molar-refractivity contribution >= 4 is 18.4 Å². The fraction of sp³-hybridized carbons (Fsp3) is 0. The average molecular weight is 135 g/mol. The molecule has 50 valence electrons. The zero-order chi connectivity index (χ0) is 6.97. The quantitative estimate of drug-likeness (QED) is 0.552. The molecule has 2 heterocycles. The predicted octanol–water partition coefficient (Wildman–Crippen LogP) is 1.26. The van der Waals surface area contributed by atoms with Crippen LogP contribution >= 0.6 is 0 Å². The number of rotatable bonds is 1. The van der Waals surface area contributed by atoms with Gasteiger partial charge in [-0.25, -0.2) is 9.51 Å². The summed E-state index contributed by atoms with van der Waals surface area (Å²) < 4.78 is 6.68. The van der Waals surface area contributed by atoms with Crippen molar-refractivity contribution in [3.05, 3.63) is 18.3 Å². The van der Waals surface area contributed by atoms with Gasteiger partial charge >= 0.3 is 6.01 Å². The Bertz CT molecular complexity index is 331. The molecule has 4 heteroatoms. The Morgan fingerprint density at radius 3 is 3.30 bits per heavy atom. The molecule has 0 aliphatic rings. The Morgan fingerprint density at radius 2 is 2.60 bits per heavy atom. The van der Waals surface area contributed by atoms with Crippen LogP contribution < -0.4 is 0 Å². The van der Waals surface area contributed by atoms with Crippen LogP contribution in [0.2, 0.25) is 0 Å². The summed E-state index contributed by atoms with van der Waals surface area (Å²) in [5.74, 6) is 0. The Morgan fingerprint density at radius 1 is 1.70 bits per heavy atom. The summed E-state index contributed by atoms with van der Waals surface area (Å²) in [5.41, 5.74) is 0.683. The molecule has 0 aromatic carbocycles. The first-order valence-electron chi connectivity index (χ1n) is 2.81. The third-order valence-electron chi connectivity index (χ3n) is 1.22. The normalized spacial score (nSPS) is 10.4. The van der Waals surface area contributed by atoms with E-state index in [0.29, 0.717) is 11.7 Å². The molecule has 0 saturated heterocycles. The first-order chi connectivity index (χ1) is 4.90. The Kier molecular flexibility index (Phi) is 0.887. The van der Waals surface area contributed by atoms with Gasteiger partial charge in [0.2, 0.25) is 5.71 Å². The lowest BCUT2D eigenvalue weighted by atomic mass is 10.7. The topological polar surface area (TPSA) is 42.8 Å². The highest BCUT2D eigenvalue weighted by atomic mass is 16.4. The molecular weight excluding hydrogens is 130 g/mol. The number of hydrogen-bond acceptors (Lipinski definition) is 3. The smallest absolute Gasteiger partial charge is 0.340 e. The number of aliphatic imine (C=N–C) groups is 1. The zero-order valence-corrected chi connectivity index (χ0v) is 5.19. The van der Waals surface area contributed by atoms with E-state index in [2.05, 4.69) is 16.8 Å². The molecule has 0 amide bonds. The molecular formula is C6H5N3O. The predicted molar refractivity (Wildman–Crippen MR) is 36.7 cm³/mol. The van der Waals surface area contributed by atoms with Crippen LogP contribution in [0.5, 0.6) is 0 Å². The fourth-order valence-electron chi connectivity index (χ4n) is 0.790. The summed E-state index contributed by atoms with van der Waals surface area (Å²) in [6.07, 6.45) is 1.79. The summed E-state index contributed by atoms with van der Waals surface area (Å²) in [4.78, 5) is 3.53. The van der Waals surface area contributed by atoms with Crippen LogP contribution in [0.1, 0.15) is 0 Å². The van der Waals surface area contributed by atoms with E-state index in [-0.39, 0.29) is 0 Å². The monoisotopic (exact) mass is 135 g/mol. The number of fused-ring (bicyclic) bond motifs is 1. The van der Waals surface area contributed by atoms with Gasteiger partial charge in [-0.2, -0.15) is 0 Å². The van der Waals surface area contributed by atoms with Crippen molar-refractivity contribution in [3.8, 4) is 0 Å². The molecule has 0 N–H and O–H groups in total. The van der Waals surface area contributed by atoms with Crippen LogP contribution in [0.4, 0.5) is 6.01 Å². The Balaban J connectivity index is 2.78. The van der Waals surface area contributed by atoms with Gasteiger partial charge in [0.25, 0.3) is 0 Å². The minimum absolute atomic E-state index is 0.301. The van der Waals surface area contributed by atoms with E-state index in [0.717, 1.165) is 0 Å².